The molecule has 0 N–H and O–H groups in total. The molecule has 0 spiro atoms. The summed E-state index contributed by atoms with van der Waals surface area (Å²) >= 11 is 16.4. The molecule has 0 aliphatic carbocycles. The van der Waals surface area contributed by atoms with Crippen LogP contribution in [0.1, 0.15) is 17.3 Å². The first kappa shape index (κ1) is 16.1. The maximum atomic E-state index is 13.4. The van der Waals surface area contributed by atoms with E-state index in [4.69, 9.17) is 34.8 Å². The molecule has 1 atom stereocenters. The summed E-state index contributed by atoms with van der Waals surface area (Å²) in [6.45, 7) is 1.52. The molecule has 0 aromatic heterocycles. The minimum absolute atomic E-state index is 0.00635. The first-order valence-electron chi connectivity index (χ1n) is 4.99. The van der Waals surface area contributed by atoms with Crippen molar-refractivity contribution in [2.75, 3.05) is 6.61 Å². The summed E-state index contributed by atoms with van der Waals surface area (Å²) in [6, 6.07) is 0.616. The third-order valence-electron chi connectivity index (χ3n) is 2.09. The number of ether oxygens (including phenoxy) is 1. The Balaban J connectivity index is 3.17. The molecule has 1 rings (SSSR count). The molecule has 0 amide bonds. The van der Waals surface area contributed by atoms with Gasteiger partial charge in [0.1, 0.15) is 10.8 Å². The fourth-order valence-electron chi connectivity index (χ4n) is 1.21. The number of alkyl halides is 1. The van der Waals surface area contributed by atoms with Gasteiger partial charge < -0.3 is 4.74 Å². The normalized spacial score (nSPS) is 12.1. The molecule has 0 aliphatic heterocycles. The first-order valence-corrected chi connectivity index (χ1v) is 6.18. The molecule has 0 fully saturated rings. The number of ketones is 1. The van der Waals surface area contributed by atoms with Gasteiger partial charge in [-0.3, -0.25) is 4.79 Å². The van der Waals surface area contributed by atoms with Crippen LogP contribution in [0.3, 0.4) is 0 Å². The number of hydrogen-bond donors (Lipinski definition) is 0. The van der Waals surface area contributed by atoms with E-state index in [2.05, 4.69) is 4.74 Å². The van der Waals surface area contributed by atoms with Gasteiger partial charge >= 0.3 is 5.97 Å². The van der Waals surface area contributed by atoms with Gasteiger partial charge in [0, 0.05) is 5.56 Å². The molecule has 0 saturated carbocycles. The molecule has 8 heteroatoms. The number of hydrogen-bond acceptors (Lipinski definition) is 3. The molecule has 1 unspecified atom stereocenters. The molecule has 0 radical (unpaired) electrons. The Labute approximate surface area is 122 Å². The van der Waals surface area contributed by atoms with Gasteiger partial charge in [-0.05, 0) is 13.0 Å². The Morgan fingerprint density at radius 1 is 1.32 bits per heavy atom. The average Bonchev–Trinajstić information content (AvgIpc) is 2.39. The Morgan fingerprint density at radius 2 is 1.89 bits per heavy atom. The van der Waals surface area contributed by atoms with Crippen molar-refractivity contribution >= 4 is 46.6 Å². The number of rotatable bonds is 4. The Kier molecular flexibility index (Phi) is 5.52. The topological polar surface area (TPSA) is 43.4 Å². The van der Waals surface area contributed by atoms with Crippen molar-refractivity contribution in [2.45, 2.75) is 12.3 Å². The van der Waals surface area contributed by atoms with Crippen molar-refractivity contribution in [1.29, 1.82) is 0 Å². The summed E-state index contributed by atoms with van der Waals surface area (Å²) in [5.41, 5.74) is -0.575. The van der Waals surface area contributed by atoms with Crippen LogP contribution in [0, 0.1) is 11.6 Å². The van der Waals surface area contributed by atoms with E-state index in [1.807, 2.05) is 0 Å². The van der Waals surface area contributed by atoms with Crippen molar-refractivity contribution < 1.29 is 23.1 Å². The molecule has 3 nitrogen and oxygen atoms in total. The SMILES string of the molecule is CCOC(=O)C(Cl)C(=O)c1cc(F)c(Cl)c(F)c1Cl. The van der Waals surface area contributed by atoms with Crippen molar-refractivity contribution in [3.05, 3.63) is 33.3 Å². The van der Waals surface area contributed by atoms with Crippen LogP contribution in [0.2, 0.25) is 10.0 Å². The summed E-state index contributed by atoms with van der Waals surface area (Å²) in [4.78, 5) is 23.1. The highest BCUT2D eigenvalue weighted by Gasteiger charge is 2.30. The number of esters is 1. The molecule has 19 heavy (non-hydrogen) atoms. The van der Waals surface area contributed by atoms with Crippen LogP contribution >= 0.6 is 34.8 Å². The van der Waals surface area contributed by atoms with Crippen LogP contribution in [-0.2, 0) is 9.53 Å². The Bertz CT molecular complexity index is 534. The predicted octanol–water partition coefficient (Wildman–Crippen LogP) is 3.62. The number of halogens is 5. The summed E-state index contributed by atoms with van der Waals surface area (Å²) in [5.74, 6) is -4.57. The molecular weight excluding hydrogens is 324 g/mol. The molecule has 0 bridgehead atoms. The van der Waals surface area contributed by atoms with E-state index in [-0.39, 0.29) is 6.61 Å². The molecule has 0 aliphatic rings. The van der Waals surface area contributed by atoms with Gasteiger partial charge in [-0.15, -0.1) is 11.6 Å². The minimum atomic E-state index is -1.74. The molecule has 1 aromatic rings. The third-order valence-corrected chi connectivity index (χ3v) is 3.18. The number of carbonyl (C=O) groups is 2. The standard InChI is InChI=1S/C11H7Cl3F2O3/c1-2-19-11(18)8(14)10(17)4-3-5(15)7(13)9(16)6(4)12/h3,8H,2H2,1H3. The van der Waals surface area contributed by atoms with Gasteiger partial charge in [0.2, 0.25) is 0 Å². The van der Waals surface area contributed by atoms with Crippen LogP contribution in [0.5, 0.6) is 0 Å². The van der Waals surface area contributed by atoms with Crippen molar-refractivity contribution in [1.82, 2.24) is 0 Å². The van der Waals surface area contributed by atoms with Gasteiger partial charge in [0.25, 0.3) is 0 Å². The molecule has 1 aromatic carbocycles. The zero-order chi connectivity index (χ0) is 14.7. The van der Waals surface area contributed by atoms with E-state index < -0.39 is 44.4 Å². The highest BCUT2D eigenvalue weighted by atomic mass is 35.5. The third kappa shape index (κ3) is 3.35. The average molecular weight is 332 g/mol. The zero-order valence-electron chi connectivity index (χ0n) is 9.48. The second-order valence-corrected chi connectivity index (χ2v) is 4.52. The lowest BCUT2D eigenvalue weighted by atomic mass is 10.1. The largest absolute Gasteiger partial charge is 0.465 e. The lowest BCUT2D eigenvalue weighted by Gasteiger charge is -2.10. The van der Waals surface area contributed by atoms with Crippen molar-refractivity contribution in [3.8, 4) is 0 Å². The van der Waals surface area contributed by atoms with Gasteiger partial charge in [-0.1, -0.05) is 23.2 Å². The minimum Gasteiger partial charge on any atom is -0.465 e. The monoisotopic (exact) mass is 330 g/mol. The van der Waals surface area contributed by atoms with Crippen molar-refractivity contribution in [3.63, 3.8) is 0 Å². The van der Waals surface area contributed by atoms with E-state index >= 15 is 0 Å². The van der Waals surface area contributed by atoms with Crippen LogP contribution in [0.15, 0.2) is 6.07 Å². The Hall–Kier alpha value is -0.910. The quantitative estimate of drug-likeness (QED) is 0.211. The fourth-order valence-corrected chi connectivity index (χ4v) is 1.83. The van der Waals surface area contributed by atoms with E-state index in [9.17, 15) is 18.4 Å². The van der Waals surface area contributed by atoms with Crippen LogP contribution in [-0.4, -0.2) is 23.7 Å². The van der Waals surface area contributed by atoms with Gasteiger partial charge in [-0.2, -0.15) is 0 Å². The van der Waals surface area contributed by atoms with Gasteiger partial charge in [0.05, 0.1) is 11.6 Å². The maximum absolute atomic E-state index is 13.4. The molecule has 0 saturated heterocycles. The van der Waals surface area contributed by atoms with Gasteiger partial charge in [0.15, 0.2) is 17.0 Å². The molecular formula is C11H7Cl3F2O3. The summed E-state index contributed by atoms with van der Waals surface area (Å²) in [7, 11) is 0. The maximum Gasteiger partial charge on any atom is 0.332 e. The highest BCUT2D eigenvalue weighted by molar-refractivity contribution is 6.46. The smallest absolute Gasteiger partial charge is 0.332 e. The predicted molar refractivity (Wildman–Crippen MR) is 67.0 cm³/mol. The van der Waals surface area contributed by atoms with Crippen molar-refractivity contribution in [2.24, 2.45) is 0 Å². The van der Waals surface area contributed by atoms with Crippen LogP contribution in [0.4, 0.5) is 8.78 Å². The second-order valence-electron chi connectivity index (χ2n) is 3.33. The molecule has 104 valence electrons. The highest BCUT2D eigenvalue weighted by Crippen LogP contribution is 2.30. The van der Waals surface area contributed by atoms with E-state index in [0.29, 0.717) is 6.07 Å². The molecule has 0 heterocycles. The summed E-state index contributed by atoms with van der Waals surface area (Å²) in [5, 5.41) is -3.28. The van der Waals surface area contributed by atoms with Crippen LogP contribution in [0.25, 0.3) is 0 Å². The first-order chi connectivity index (χ1) is 8.81. The number of carbonyl (C=O) groups excluding carboxylic acids is 2. The summed E-state index contributed by atoms with van der Waals surface area (Å²) < 4.78 is 31.2. The van der Waals surface area contributed by atoms with Gasteiger partial charge in [-0.25, -0.2) is 13.6 Å². The number of benzene rings is 1. The summed E-state index contributed by atoms with van der Waals surface area (Å²) in [6.07, 6.45) is 0. The van der Waals surface area contributed by atoms with E-state index in [0.717, 1.165) is 0 Å². The van der Waals surface area contributed by atoms with E-state index in [1.54, 1.807) is 0 Å². The van der Waals surface area contributed by atoms with E-state index in [1.165, 1.54) is 6.92 Å². The zero-order valence-corrected chi connectivity index (χ0v) is 11.7. The second kappa shape index (κ2) is 6.50. The Morgan fingerprint density at radius 3 is 2.42 bits per heavy atom. The van der Waals surface area contributed by atoms with Crippen LogP contribution < -0.4 is 0 Å². The fraction of sp³-hybridized carbons (Fsp3) is 0.273. The lowest BCUT2D eigenvalue weighted by Crippen LogP contribution is -2.27. The number of Topliss-reactive ketones (excluding diaryl/α,β-unsaturated/α-hetero) is 1. The lowest BCUT2D eigenvalue weighted by molar-refractivity contribution is -0.141.